The van der Waals surface area contributed by atoms with E-state index in [2.05, 4.69) is 5.10 Å². The first kappa shape index (κ1) is 13.1. The first-order chi connectivity index (χ1) is 9.58. The van der Waals surface area contributed by atoms with E-state index < -0.39 is 0 Å². The lowest BCUT2D eigenvalue weighted by molar-refractivity contribution is -0.130. The van der Waals surface area contributed by atoms with E-state index in [4.69, 9.17) is 0 Å². The van der Waals surface area contributed by atoms with Crippen LogP contribution in [0.4, 0.5) is 0 Å². The van der Waals surface area contributed by atoms with Crippen LogP contribution in [0.2, 0.25) is 0 Å². The van der Waals surface area contributed by atoms with Crippen molar-refractivity contribution in [1.82, 2.24) is 19.6 Å². The highest BCUT2D eigenvalue weighted by Gasteiger charge is 2.30. The lowest BCUT2D eigenvalue weighted by Crippen LogP contribution is -2.50. The van der Waals surface area contributed by atoms with E-state index in [0.717, 1.165) is 24.8 Å². The molecule has 1 aromatic heterocycles. The molecule has 0 atom stereocenters. The van der Waals surface area contributed by atoms with Gasteiger partial charge in [0.25, 0.3) is 5.91 Å². The molecule has 0 spiro atoms. The van der Waals surface area contributed by atoms with Crippen LogP contribution < -0.4 is 0 Å². The van der Waals surface area contributed by atoms with Crippen LogP contribution in [0, 0.1) is 0 Å². The fourth-order valence-electron chi connectivity index (χ4n) is 3.16. The van der Waals surface area contributed by atoms with Gasteiger partial charge in [0, 0.05) is 51.4 Å². The zero-order valence-corrected chi connectivity index (χ0v) is 12.1. The van der Waals surface area contributed by atoms with Gasteiger partial charge in [-0.1, -0.05) is 0 Å². The van der Waals surface area contributed by atoms with Crippen molar-refractivity contribution in [2.24, 2.45) is 7.05 Å². The molecule has 0 aromatic carbocycles. The van der Waals surface area contributed by atoms with Gasteiger partial charge in [0.2, 0.25) is 5.91 Å². The maximum Gasteiger partial charge on any atom is 0.274 e. The first-order valence-electron chi connectivity index (χ1n) is 7.17. The predicted octanol–water partition coefficient (Wildman–Crippen LogP) is 0.213. The van der Waals surface area contributed by atoms with Gasteiger partial charge in [0.05, 0.1) is 0 Å². The molecule has 0 N–H and O–H groups in total. The van der Waals surface area contributed by atoms with Gasteiger partial charge in [0.1, 0.15) is 0 Å². The second kappa shape index (κ2) is 4.92. The highest BCUT2D eigenvalue weighted by Crippen LogP contribution is 2.25. The number of aryl methyl sites for hydroxylation is 1. The molecule has 1 aliphatic heterocycles. The fraction of sp³-hybridized carbons (Fsp3) is 0.643. The molecule has 2 amide bonds. The van der Waals surface area contributed by atoms with Crippen LogP contribution in [-0.2, 0) is 24.7 Å². The summed E-state index contributed by atoms with van der Waals surface area (Å²) < 4.78 is 1.85. The summed E-state index contributed by atoms with van der Waals surface area (Å²) in [6.45, 7) is 4.02. The number of hydrogen-bond acceptors (Lipinski definition) is 3. The first-order valence-corrected chi connectivity index (χ1v) is 7.17. The number of rotatable bonds is 1. The van der Waals surface area contributed by atoms with E-state index in [-0.39, 0.29) is 11.8 Å². The van der Waals surface area contributed by atoms with Crippen molar-refractivity contribution in [3.05, 3.63) is 17.0 Å². The molecule has 6 nitrogen and oxygen atoms in total. The van der Waals surface area contributed by atoms with Crippen LogP contribution in [0.1, 0.15) is 35.1 Å². The zero-order valence-electron chi connectivity index (χ0n) is 12.1. The summed E-state index contributed by atoms with van der Waals surface area (Å²) in [7, 11) is 1.91. The lowest BCUT2D eigenvalue weighted by Gasteiger charge is -2.33. The second-order valence-corrected chi connectivity index (χ2v) is 5.55. The summed E-state index contributed by atoms with van der Waals surface area (Å²) in [5.41, 5.74) is 2.96. The number of carbonyl (C=O) groups is 2. The molecule has 108 valence electrons. The molecule has 20 heavy (non-hydrogen) atoms. The summed E-state index contributed by atoms with van der Waals surface area (Å²) in [4.78, 5) is 27.5. The van der Waals surface area contributed by atoms with Crippen molar-refractivity contribution < 1.29 is 9.59 Å². The molecule has 1 saturated heterocycles. The van der Waals surface area contributed by atoms with Gasteiger partial charge in [0.15, 0.2) is 5.69 Å². The van der Waals surface area contributed by atoms with Crippen LogP contribution in [0.25, 0.3) is 0 Å². The Morgan fingerprint density at radius 2 is 1.70 bits per heavy atom. The minimum atomic E-state index is 0.0203. The molecule has 1 fully saturated rings. The van der Waals surface area contributed by atoms with Crippen molar-refractivity contribution in [1.29, 1.82) is 0 Å². The Hall–Kier alpha value is -1.85. The smallest absolute Gasteiger partial charge is 0.274 e. The largest absolute Gasteiger partial charge is 0.339 e. The topological polar surface area (TPSA) is 58.4 Å². The van der Waals surface area contributed by atoms with E-state index in [1.165, 1.54) is 5.69 Å². The molecule has 0 unspecified atom stereocenters. The van der Waals surface area contributed by atoms with E-state index in [1.54, 1.807) is 11.8 Å². The molecule has 0 radical (unpaired) electrons. The summed E-state index contributed by atoms with van der Waals surface area (Å²) in [6, 6.07) is 0. The van der Waals surface area contributed by atoms with Crippen LogP contribution in [0.15, 0.2) is 0 Å². The van der Waals surface area contributed by atoms with Gasteiger partial charge in [-0.2, -0.15) is 5.10 Å². The number of piperazine rings is 1. The number of amides is 2. The highest BCUT2D eigenvalue weighted by molar-refractivity contribution is 5.94. The molecule has 2 heterocycles. The Labute approximate surface area is 118 Å². The van der Waals surface area contributed by atoms with Crippen molar-refractivity contribution >= 4 is 11.8 Å². The fourth-order valence-corrected chi connectivity index (χ4v) is 3.16. The number of aromatic nitrogens is 2. The molecule has 1 aliphatic carbocycles. The minimum absolute atomic E-state index is 0.0203. The normalized spacial score (nSPS) is 18.3. The van der Waals surface area contributed by atoms with Crippen LogP contribution in [0.5, 0.6) is 0 Å². The summed E-state index contributed by atoms with van der Waals surface area (Å²) >= 11 is 0. The third-order valence-corrected chi connectivity index (χ3v) is 4.33. The average Bonchev–Trinajstić information content (AvgIpc) is 3.03. The minimum Gasteiger partial charge on any atom is -0.339 e. The van der Waals surface area contributed by atoms with Gasteiger partial charge in [-0.25, -0.2) is 0 Å². The SMILES string of the molecule is CC(=O)N1CCN(C(=O)c2nn(C)c3c2CCC3)CC1. The third kappa shape index (κ3) is 2.09. The predicted molar refractivity (Wildman–Crippen MR) is 73.4 cm³/mol. The van der Waals surface area contributed by atoms with Gasteiger partial charge >= 0.3 is 0 Å². The molecular formula is C14H20N4O2. The van der Waals surface area contributed by atoms with E-state index in [1.807, 2.05) is 16.6 Å². The summed E-state index contributed by atoms with van der Waals surface area (Å²) in [5, 5.41) is 4.41. The van der Waals surface area contributed by atoms with E-state index >= 15 is 0 Å². The van der Waals surface area contributed by atoms with Crippen LogP contribution in [-0.4, -0.2) is 57.6 Å². The van der Waals surface area contributed by atoms with E-state index in [0.29, 0.717) is 31.9 Å². The van der Waals surface area contributed by atoms with Crippen molar-refractivity contribution in [3.8, 4) is 0 Å². The molecule has 0 saturated carbocycles. The lowest BCUT2D eigenvalue weighted by atomic mass is 10.1. The second-order valence-electron chi connectivity index (χ2n) is 5.55. The number of fused-ring (bicyclic) bond motifs is 1. The zero-order chi connectivity index (χ0) is 14.3. The van der Waals surface area contributed by atoms with Crippen LogP contribution in [0.3, 0.4) is 0 Å². The maximum absolute atomic E-state index is 12.6. The Kier molecular flexibility index (Phi) is 3.23. The standard InChI is InChI=1S/C14H20N4O2/c1-10(19)17-6-8-18(9-7-17)14(20)13-11-4-3-5-12(11)16(2)15-13/h3-9H2,1-2H3. The molecule has 3 rings (SSSR count). The molecular weight excluding hydrogens is 256 g/mol. The van der Waals surface area contributed by atoms with Gasteiger partial charge in [-0.15, -0.1) is 0 Å². The van der Waals surface area contributed by atoms with E-state index in [9.17, 15) is 9.59 Å². The third-order valence-electron chi connectivity index (χ3n) is 4.33. The summed E-state index contributed by atoms with van der Waals surface area (Å²) in [5.74, 6) is 0.0998. The maximum atomic E-state index is 12.6. The number of nitrogens with zero attached hydrogens (tertiary/aromatic N) is 4. The van der Waals surface area contributed by atoms with Crippen molar-refractivity contribution in [2.75, 3.05) is 26.2 Å². The molecule has 0 bridgehead atoms. The Balaban J connectivity index is 1.74. The number of carbonyl (C=O) groups excluding carboxylic acids is 2. The van der Waals surface area contributed by atoms with Gasteiger partial charge in [-0.05, 0) is 19.3 Å². The molecule has 1 aromatic rings. The summed E-state index contributed by atoms with van der Waals surface area (Å²) in [6.07, 6.45) is 3.08. The molecule has 6 heteroatoms. The Morgan fingerprint density at radius 3 is 2.35 bits per heavy atom. The van der Waals surface area contributed by atoms with Gasteiger partial charge < -0.3 is 9.80 Å². The Morgan fingerprint density at radius 1 is 1.05 bits per heavy atom. The number of hydrogen-bond donors (Lipinski definition) is 0. The van der Waals surface area contributed by atoms with Gasteiger partial charge in [-0.3, -0.25) is 14.3 Å². The average molecular weight is 276 g/mol. The quantitative estimate of drug-likeness (QED) is 0.737. The van der Waals surface area contributed by atoms with Crippen molar-refractivity contribution in [3.63, 3.8) is 0 Å². The van der Waals surface area contributed by atoms with Crippen LogP contribution >= 0.6 is 0 Å². The van der Waals surface area contributed by atoms with Crippen molar-refractivity contribution in [2.45, 2.75) is 26.2 Å². The monoisotopic (exact) mass is 276 g/mol. The highest BCUT2D eigenvalue weighted by atomic mass is 16.2. The Bertz CT molecular complexity index is 556. The molecule has 2 aliphatic rings.